The highest BCUT2D eigenvalue weighted by molar-refractivity contribution is 7.99. The Hall–Kier alpha value is -1.02. The monoisotopic (exact) mass is 218 g/mol. The van der Waals surface area contributed by atoms with E-state index in [1.807, 2.05) is 11.8 Å². The molecule has 0 unspecified atom stereocenters. The van der Waals surface area contributed by atoms with Gasteiger partial charge >= 0.3 is 0 Å². The zero-order valence-electron chi connectivity index (χ0n) is 9.40. The topological polar surface area (TPSA) is 3.88 Å². The maximum atomic E-state index is 2.26. The molecule has 1 aromatic heterocycles. The van der Waals surface area contributed by atoms with Crippen molar-refractivity contribution in [3.8, 4) is 0 Å². The second kappa shape index (κ2) is 4.23. The Morgan fingerprint density at radius 1 is 1.07 bits per heavy atom. The summed E-state index contributed by atoms with van der Waals surface area (Å²) in [5, 5.41) is 3.24. The first-order valence-electron chi connectivity index (χ1n) is 5.23. The third kappa shape index (κ3) is 2.15. The smallest absolute Gasteiger partial charge is 0.189 e. The second-order valence-corrected chi connectivity index (χ2v) is 5.55. The van der Waals surface area contributed by atoms with Gasteiger partial charge in [-0.25, -0.2) is 0 Å². The summed E-state index contributed by atoms with van der Waals surface area (Å²) in [5.74, 6) is 0. The van der Waals surface area contributed by atoms with Gasteiger partial charge in [0.15, 0.2) is 0 Å². The van der Waals surface area contributed by atoms with Crippen molar-refractivity contribution in [1.82, 2.24) is 0 Å². The van der Waals surface area contributed by atoms with Crippen molar-refractivity contribution in [2.24, 2.45) is 7.05 Å². The van der Waals surface area contributed by atoms with Gasteiger partial charge in [-0.1, -0.05) is 37.7 Å². The molecule has 0 amide bonds. The first kappa shape index (κ1) is 10.5. The van der Waals surface area contributed by atoms with E-state index in [1.165, 1.54) is 15.9 Å². The average Bonchev–Trinajstić information content (AvgIpc) is 2.22. The molecule has 0 N–H and O–H groups in total. The standard InChI is InChI=1S/C13H16NS/c1-10(2)15-13-9-8-11-6-4-5-7-12(11)14(13)3/h4-10H,1-3H3/q+1. The number of nitrogens with zero attached hydrogens (tertiary/aromatic N) is 1. The van der Waals surface area contributed by atoms with Gasteiger partial charge in [-0.2, -0.15) is 4.57 Å². The van der Waals surface area contributed by atoms with Crippen molar-refractivity contribution in [2.45, 2.75) is 24.1 Å². The zero-order chi connectivity index (χ0) is 10.8. The fraction of sp³-hybridized carbons (Fsp3) is 0.308. The van der Waals surface area contributed by atoms with Crippen LogP contribution in [0, 0.1) is 0 Å². The van der Waals surface area contributed by atoms with Crippen molar-refractivity contribution < 1.29 is 4.57 Å². The number of aryl methyl sites for hydroxylation is 1. The summed E-state index contributed by atoms with van der Waals surface area (Å²) in [6, 6.07) is 12.9. The number of aromatic nitrogens is 1. The zero-order valence-corrected chi connectivity index (χ0v) is 10.2. The first-order valence-corrected chi connectivity index (χ1v) is 6.11. The van der Waals surface area contributed by atoms with Crippen LogP contribution in [-0.2, 0) is 7.05 Å². The van der Waals surface area contributed by atoms with E-state index in [1.54, 1.807) is 0 Å². The molecule has 0 spiro atoms. The molecule has 1 aromatic carbocycles. The Balaban J connectivity index is 2.55. The highest BCUT2D eigenvalue weighted by atomic mass is 32.2. The van der Waals surface area contributed by atoms with Gasteiger partial charge in [0.05, 0.1) is 0 Å². The van der Waals surface area contributed by atoms with Gasteiger partial charge in [-0.05, 0) is 12.1 Å². The average molecular weight is 218 g/mol. The largest absolute Gasteiger partial charge is 0.240 e. The molecule has 0 bridgehead atoms. The molecule has 0 aliphatic carbocycles. The maximum Gasteiger partial charge on any atom is 0.240 e. The lowest BCUT2D eigenvalue weighted by atomic mass is 10.2. The van der Waals surface area contributed by atoms with E-state index in [0.717, 1.165) is 0 Å². The fourth-order valence-corrected chi connectivity index (χ4v) is 2.57. The summed E-state index contributed by atoms with van der Waals surface area (Å²) in [6.45, 7) is 4.44. The van der Waals surface area contributed by atoms with Crippen LogP contribution in [0.3, 0.4) is 0 Å². The Bertz CT molecular complexity index is 477. The van der Waals surface area contributed by atoms with E-state index < -0.39 is 0 Å². The van der Waals surface area contributed by atoms with Crippen LogP contribution in [0.2, 0.25) is 0 Å². The number of hydrogen-bond donors (Lipinski definition) is 0. The van der Waals surface area contributed by atoms with E-state index in [2.05, 4.69) is 61.9 Å². The van der Waals surface area contributed by atoms with Crippen LogP contribution < -0.4 is 4.57 Å². The lowest BCUT2D eigenvalue weighted by Gasteiger charge is -2.04. The summed E-state index contributed by atoms with van der Waals surface area (Å²) in [5.41, 5.74) is 1.29. The van der Waals surface area contributed by atoms with Gasteiger partial charge in [0.1, 0.15) is 7.05 Å². The third-order valence-electron chi connectivity index (χ3n) is 2.39. The number of para-hydroxylation sites is 1. The van der Waals surface area contributed by atoms with Crippen LogP contribution in [0.15, 0.2) is 41.4 Å². The van der Waals surface area contributed by atoms with E-state index in [4.69, 9.17) is 0 Å². The van der Waals surface area contributed by atoms with Gasteiger partial charge in [-0.3, -0.25) is 0 Å². The molecule has 15 heavy (non-hydrogen) atoms. The van der Waals surface area contributed by atoms with Crippen molar-refractivity contribution >= 4 is 22.7 Å². The van der Waals surface area contributed by atoms with E-state index in [-0.39, 0.29) is 0 Å². The summed E-state index contributed by atoms with van der Waals surface area (Å²) < 4.78 is 2.26. The fourth-order valence-electron chi connectivity index (χ4n) is 1.69. The molecule has 0 saturated carbocycles. The van der Waals surface area contributed by atoms with Crippen LogP contribution in [0.25, 0.3) is 10.9 Å². The van der Waals surface area contributed by atoms with Crippen LogP contribution >= 0.6 is 11.8 Å². The van der Waals surface area contributed by atoms with E-state index in [9.17, 15) is 0 Å². The molecule has 0 saturated heterocycles. The number of benzene rings is 1. The molecule has 0 fully saturated rings. The summed E-state index contributed by atoms with van der Waals surface area (Å²) in [6.07, 6.45) is 0. The third-order valence-corrected chi connectivity index (χ3v) is 3.51. The predicted octanol–water partition coefficient (Wildman–Crippen LogP) is 3.16. The minimum atomic E-state index is 0.623. The number of hydrogen-bond acceptors (Lipinski definition) is 1. The van der Waals surface area contributed by atoms with Gasteiger partial charge in [0.2, 0.25) is 10.5 Å². The molecule has 1 heterocycles. The van der Waals surface area contributed by atoms with Gasteiger partial charge in [0.25, 0.3) is 0 Å². The van der Waals surface area contributed by atoms with Gasteiger partial charge in [-0.15, -0.1) is 0 Å². The van der Waals surface area contributed by atoms with Gasteiger partial charge < -0.3 is 0 Å². The number of rotatable bonds is 2. The SMILES string of the molecule is CC(C)Sc1ccc2ccccc2[n+]1C. The van der Waals surface area contributed by atoms with Crippen molar-refractivity contribution in [2.75, 3.05) is 0 Å². The lowest BCUT2D eigenvalue weighted by Crippen LogP contribution is -2.32. The minimum absolute atomic E-state index is 0.623. The van der Waals surface area contributed by atoms with Gasteiger partial charge in [0, 0.05) is 22.8 Å². The summed E-state index contributed by atoms with van der Waals surface area (Å²) in [7, 11) is 2.13. The molecule has 0 aliphatic rings. The van der Waals surface area contributed by atoms with Crippen molar-refractivity contribution in [1.29, 1.82) is 0 Å². The normalized spacial score (nSPS) is 11.2. The van der Waals surface area contributed by atoms with E-state index in [0.29, 0.717) is 5.25 Å². The van der Waals surface area contributed by atoms with Crippen LogP contribution in [0.1, 0.15) is 13.8 Å². The predicted molar refractivity (Wildman–Crippen MR) is 66.1 cm³/mol. The lowest BCUT2D eigenvalue weighted by molar-refractivity contribution is -0.683. The molecule has 1 nitrogen and oxygen atoms in total. The summed E-state index contributed by atoms with van der Waals surface area (Å²) >= 11 is 1.90. The molecule has 2 aromatic rings. The molecular formula is C13H16NS+. The van der Waals surface area contributed by atoms with Crippen LogP contribution in [0.4, 0.5) is 0 Å². The van der Waals surface area contributed by atoms with Crippen molar-refractivity contribution in [3.63, 3.8) is 0 Å². The van der Waals surface area contributed by atoms with Crippen LogP contribution in [0.5, 0.6) is 0 Å². The van der Waals surface area contributed by atoms with Crippen molar-refractivity contribution in [3.05, 3.63) is 36.4 Å². The number of pyridine rings is 1. The maximum absolute atomic E-state index is 2.26. The molecule has 0 atom stereocenters. The quantitative estimate of drug-likeness (QED) is 0.553. The highest BCUT2D eigenvalue weighted by Crippen LogP contribution is 2.21. The molecular weight excluding hydrogens is 202 g/mol. The minimum Gasteiger partial charge on any atom is -0.189 e. The molecule has 2 heteroatoms. The molecule has 0 aliphatic heterocycles. The summed E-state index contributed by atoms with van der Waals surface area (Å²) in [4.78, 5) is 0. The van der Waals surface area contributed by atoms with Crippen LogP contribution in [-0.4, -0.2) is 5.25 Å². The Labute approximate surface area is 95.1 Å². The Kier molecular flexibility index (Phi) is 2.96. The number of fused-ring (bicyclic) bond motifs is 1. The molecule has 2 rings (SSSR count). The highest BCUT2D eigenvalue weighted by Gasteiger charge is 2.12. The Morgan fingerprint density at radius 2 is 1.80 bits per heavy atom. The molecule has 0 radical (unpaired) electrons. The Morgan fingerprint density at radius 3 is 2.53 bits per heavy atom. The second-order valence-electron chi connectivity index (χ2n) is 3.96. The number of thioether (sulfide) groups is 1. The van der Waals surface area contributed by atoms with E-state index >= 15 is 0 Å². The first-order chi connectivity index (χ1) is 7.18. The molecule has 78 valence electrons.